The number of aromatic nitrogens is 2. The first kappa shape index (κ1) is 18.3. The van der Waals surface area contributed by atoms with Crippen molar-refractivity contribution >= 4 is 39.0 Å². The van der Waals surface area contributed by atoms with Gasteiger partial charge in [0.2, 0.25) is 0 Å². The van der Waals surface area contributed by atoms with Crippen molar-refractivity contribution in [3.05, 3.63) is 46.1 Å². The molecule has 0 aliphatic heterocycles. The highest BCUT2D eigenvalue weighted by Crippen LogP contribution is 2.35. The zero-order valence-corrected chi connectivity index (χ0v) is 16.5. The van der Waals surface area contributed by atoms with E-state index in [-0.39, 0.29) is 5.97 Å². The summed E-state index contributed by atoms with van der Waals surface area (Å²) in [6, 6.07) is 6.26. The van der Waals surface area contributed by atoms with E-state index in [0.29, 0.717) is 23.2 Å². The van der Waals surface area contributed by atoms with Crippen molar-refractivity contribution in [1.29, 1.82) is 0 Å². The topological polar surface area (TPSA) is 64.1 Å². The molecule has 0 saturated heterocycles. The van der Waals surface area contributed by atoms with E-state index in [1.807, 2.05) is 20.8 Å². The van der Waals surface area contributed by atoms with Crippen LogP contribution in [-0.2, 0) is 4.74 Å². The molecule has 0 unspecified atom stereocenters. The summed E-state index contributed by atoms with van der Waals surface area (Å²) in [4.78, 5) is 22.5. The first-order valence-electron chi connectivity index (χ1n) is 8.61. The number of anilines is 2. The van der Waals surface area contributed by atoms with Crippen LogP contribution < -0.4 is 5.32 Å². The summed E-state index contributed by atoms with van der Waals surface area (Å²) in [6.45, 7) is 10.5. The van der Waals surface area contributed by atoms with E-state index in [1.165, 1.54) is 28.8 Å². The van der Waals surface area contributed by atoms with E-state index < -0.39 is 0 Å². The van der Waals surface area contributed by atoms with E-state index in [1.54, 1.807) is 0 Å². The van der Waals surface area contributed by atoms with Gasteiger partial charge in [0, 0.05) is 5.69 Å². The molecular weight excluding hydrogens is 346 g/mol. The van der Waals surface area contributed by atoms with Gasteiger partial charge in [-0.15, -0.1) is 11.3 Å². The first-order valence-corrected chi connectivity index (χ1v) is 9.43. The lowest BCUT2D eigenvalue weighted by Gasteiger charge is -2.09. The molecule has 26 heavy (non-hydrogen) atoms. The third-order valence-corrected chi connectivity index (χ3v) is 5.12. The zero-order chi connectivity index (χ0) is 18.8. The number of hydrogen-bond acceptors (Lipinski definition) is 6. The molecular formula is C20H23N3O2S. The molecule has 0 aliphatic rings. The van der Waals surface area contributed by atoms with Gasteiger partial charge in [-0.3, -0.25) is 0 Å². The Hall–Kier alpha value is -2.47. The second-order valence-electron chi connectivity index (χ2n) is 6.95. The summed E-state index contributed by atoms with van der Waals surface area (Å²) in [5.41, 5.74) is 4.18. The van der Waals surface area contributed by atoms with Gasteiger partial charge in [0.25, 0.3) is 0 Å². The van der Waals surface area contributed by atoms with Crippen molar-refractivity contribution in [2.45, 2.75) is 34.6 Å². The van der Waals surface area contributed by atoms with Crippen LogP contribution in [0.25, 0.3) is 10.2 Å². The van der Waals surface area contributed by atoms with Crippen molar-refractivity contribution in [3.8, 4) is 0 Å². The molecule has 0 aliphatic carbocycles. The van der Waals surface area contributed by atoms with Gasteiger partial charge in [-0.25, -0.2) is 14.8 Å². The van der Waals surface area contributed by atoms with E-state index >= 15 is 0 Å². The third-order valence-electron chi connectivity index (χ3n) is 3.94. The number of thiophene rings is 1. The molecule has 2 heterocycles. The molecule has 0 radical (unpaired) electrons. The molecule has 6 heteroatoms. The number of carbonyl (C=O) groups excluding carboxylic acids is 1. The average molecular weight is 369 g/mol. The van der Waals surface area contributed by atoms with Crippen molar-refractivity contribution in [3.63, 3.8) is 0 Å². The second kappa shape index (κ2) is 7.41. The Labute approximate surface area is 157 Å². The molecule has 3 aromatic rings. The number of fused-ring (bicyclic) bond motifs is 1. The highest BCUT2D eigenvalue weighted by Gasteiger charge is 2.20. The van der Waals surface area contributed by atoms with Gasteiger partial charge in [-0.05, 0) is 55.5 Å². The van der Waals surface area contributed by atoms with E-state index in [0.717, 1.165) is 21.5 Å². The number of carbonyl (C=O) groups is 1. The Morgan fingerprint density at radius 2 is 1.85 bits per heavy atom. The smallest absolute Gasteiger partial charge is 0.348 e. The molecule has 1 aromatic carbocycles. The van der Waals surface area contributed by atoms with E-state index in [2.05, 4.69) is 47.3 Å². The summed E-state index contributed by atoms with van der Waals surface area (Å²) >= 11 is 1.35. The van der Waals surface area contributed by atoms with Crippen LogP contribution in [0.3, 0.4) is 0 Å². The number of aryl methyl sites for hydroxylation is 3. The van der Waals surface area contributed by atoms with E-state index in [4.69, 9.17) is 4.74 Å². The fourth-order valence-corrected chi connectivity index (χ4v) is 3.90. The van der Waals surface area contributed by atoms with Crippen LogP contribution >= 0.6 is 11.3 Å². The Kier molecular flexibility index (Phi) is 5.23. The van der Waals surface area contributed by atoms with Gasteiger partial charge in [-0.2, -0.15) is 0 Å². The maximum Gasteiger partial charge on any atom is 0.348 e. The number of hydrogen-bond donors (Lipinski definition) is 1. The third kappa shape index (κ3) is 3.85. The number of rotatable bonds is 5. The molecule has 5 nitrogen and oxygen atoms in total. The van der Waals surface area contributed by atoms with E-state index in [9.17, 15) is 4.79 Å². The summed E-state index contributed by atoms with van der Waals surface area (Å²) in [5, 5.41) is 4.24. The number of nitrogens with zero attached hydrogens (tertiary/aromatic N) is 2. The fraction of sp³-hybridized carbons (Fsp3) is 0.350. The SMILES string of the molecule is Cc1cc(C)cc(Nc2ncnc3sc(C(=O)OCC(C)C)c(C)c23)c1. The standard InChI is InChI=1S/C20H23N3O2S/c1-11(2)9-25-20(24)17-14(5)16-18(21-10-22-19(16)26-17)23-15-7-12(3)6-13(4)8-15/h6-8,10-11H,9H2,1-5H3,(H,21,22,23). The summed E-state index contributed by atoms with van der Waals surface area (Å²) < 4.78 is 5.39. The average Bonchev–Trinajstić information content (AvgIpc) is 2.90. The minimum Gasteiger partial charge on any atom is -0.461 e. The van der Waals surface area contributed by atoms with Gasteiger partial charge in [-0.1, -0.05) is 19.9 Å². The Balaban J connectivity index is 1.98. The zero-order valence-electron chi connectivity index (χ0n) is 15.7. The number of benzene rings is 1. The monoisotopic (exact) mass is 369 g/mol. The summed E-state index contributed by atoms with van der Waals surface area (Å²) in [6.07, 6.45) is 1.52. The van der Waals surface area contributed by atoms with Crippen molar-refractivity contribution in [1.82, 2.24) is 9.97 Å². The quantitative estimate of drug-likeness (QED) is 0.628. The molecule has 0 amide bonds. The largest absolute Gasteiger partial charge is 0.461 e. The molecule has 0 bridgehead atoms. The van der Waals surface area contributed by atoms with Crippen LogP contribution in [0.4, 0.5) is 11.5 Å². The minimum absolute atomic E-state index is 0.295. The highest BCUT2D eigenvalue weighted by molar-refractivity contribution is 7.20. The highest BCUT2D eigenvalue weighted by atomic mass is 32.1. The molecule has 0 fully saturated rings. The van der Waals surface area contributed by atoms with Crippen LogP contribution in [0, 0.1) is 26.7 Å². The predicted octanol–water partition coefficient (Wildman–Crippen LogP) is 5.17. The maximum atomic E-state index is 12.4. The lowest BCUT2D eigenvalue weighted by atomic mass is 10.1. The normalized spacial score (nSPS) is 11.2. The number of ether oxygens (including phenoxy) is 1. The Morgan fingerprint density at radius 1 is 1.15 bits per heavy atom. The molecule has 0 saturated carbocycles. The first-order chi connectivity index (χ1) is 12.3. The molecule has 2 aromatic heterocycles. The van der Waals surface area contributed by atoms with Crippen molar-refractivity contribution < 1.29 is 9.53 Å². The molecule has 136 valence electrons. The van der Waals surface area contributed by atoms with Gasteiger partial charge in [0.1, 0.15) is 21.9 Å². The van der Waals surface area contributed by atoms with Crippen LogP contribution in [-0.4, -0.2) is 22.5 Å². The fourth-order valence-electron chi connectivity index (χ4n) is 2.85. The Morgan fingerprint density at radius 3 is 2.50 bits per heavy atom. The summed E-state index contributed by atoms with van der Waals surface area (Å²) in [7, 11) is 0. The van der Waals surface area contributed by atoms with Gasteiger partial charge >= 0.3 is 5.97 Å². The van der Waals surface area contributed by atoms with Gasteiger partial charge in [0.05, 0.1) is 12.0 Å². The van der Waals surface area contributed by atoms with Crippen LogP contribution in [0.5, 0.6) is 0 Å². The minimum atomic E-state index is -0.295. The van der Waals surface area contributed by atoms with Crippen LogP contribution in [0.1, 0.15) is 40.2 Å². The van der Waals surface area contributed by atoms with Crippen molar-refractivity contribution in [2.24, 2.45) is 5.92 Å². The van der Waals surface area contributed by atoms with Gasteiger partial charge < -0.3 is 10.1 Å². The molecule has 1 N–H and O–H groups in total. The van der Waals surface area contributed by atoms with Crippen LogP contribution in [0.2, 0.25) is 0 Å². The number of esters is 1. The Bertz CT molecular complexity index is 943. The lowest BCUT2D eigenvalue weighted by molar-refractivity contribution is 0.0464. The number of nitrogens with one attached hydrogen (secondary N) is 1. The second-order valence-corrected chi connectivity index (χ2v) is 7.95. The lowest BCUT2D eigenvalue weighted by Crippen LogP contribution is -2.09. The summed E-state index contributed by atoms with van der Waals surface area (Å²) in [5.74, 6) is 0.712. The maximum absolute atomic E-state index is 12.4. The molecule has 3 rings (SSSR count). The van der Waals surface area contributed by atoms with Crippen molar-refractivity contribution in [2.75, 3.05) is 11.9 Å². The van der Waals surface area contributed by atoms with Gasteiger partial charge in [0.15, 0.2) is 0 Å². The molecule has 0 spiro atoms. The molecule has 0 atom stereocenters. The van der Waals surface area contributed by atoms with Crippen LogP contribution in [0.15, 0.2) is 24.5 Å². The predicted molar refractivity (Wildman–Crippen MR) is 106 cm³/mol.